The topological polar surface area (TPSA) is 32.9 Å². The molecule has 2 nitrogen and oxygen atoms in total. The summed E-state index contributed by atoms with van der Waals surface area (Å²) in [7, 11) is 0. The third kappa shape index (κ3) is 0.791. The van der Waals surface area contributed by atoms with E-state index in [1.165, 1.54) is 4.44 Å². The van der Waals surface area contributed by atoms with E-state index in [0.717, 1.165) is 5.56 Å². The number of hydrogen-bond donors (Lipinski definition) is 1. The summed E-state index contributed by atoms with van der Waals surface area (Å²) in [6.45, 7) is 3.85. The molecule has 0 aliphatic carbocycles. The first-order chi connectivity index (χ1) is 3.72. The second-order valence-electron chi connectivity index (χ2n) is 1.71. The first-order valence-electron chi connectivity index (χ1n) is 2.36. The van der Waals surface area contributed by atoms with E-state index in [4.69, 9.17) is 0 Å². The van der Waals surface area contributed by atoms with Gasteiger partial charge in [0.25, 0.3) is 0 Å². The van der Waals surface area contributed by atoms with E-state index >= 15 is 0 Å². The molecule has 0 bridgehead atoms. The molecule has 1 rings (SSSR count). The summed E-state index contributed by atoms with van der Waals surface area (Å²) in [5.74, 6) is 0. The van der Waals surface area contributed by atoms with Gasteiger partial charge >= 0.3 is 52.9 Å². The van der Waals surface area contributed by atoms with Crippen molar-refractivity contribution in [1.82, 2.24) is 3.98 Å². The quantitative estimate of drug-likeness (QED) is 0.556. The van der Waals surface area contributed by atoms with Crippen LogP contribution in [0.2, 0.25) is 0 Å². The van der Waals surface area contributed by atoms with Gasteiger partial charge in [-0.3, -0.25) is 0 Å². The number of aryl methyl sites for hydroxylation is 1. The van der Waals surface area contributed by atoms with Crippen LogP contribution in [0.1, 0.15) is 10.0 Å². The van der Waals surface area contributed by atoms with Crippen LogP contribution in [0.5, 0.6) is 0 Å². The number of rotatable bonds is 0. The molecule has 44 valence electrons. The van der Waals surface area contributed by atoms with Crippen LogP contribution >= 0.6 is 0 Å². The molecule has 0 unspecified atom stereocenters. The van der Waals surface area contributed by atoms with Crippen LogP contribution < -0.4 is 5.56 Å². The van der Waals surface area contributed by atoms with Crippen molar-refractivity contribution in [3.8, 4) is 0 Å². The molecule has 1 aromatic rings. The van der Waals surface area contributed by atoms with Crippen molar-refractivity contribution < 1.29 is 0 Å². The summed E-state index contributed by atoms with van der Waals surface area (Å²) in [6.07, 6.45) is 0. The zero-order valence-corrected chi connectivity index (χ0v) is 6.53. The molecule has 0 amide bonds. The van der Waals surface area contributed by atoms with Gasteiger partial charge in [-0.15, -0.1) is 0 Å². The van der Waals surface area contributed by atoms with Crippen molar-refractivity contribution in [2.75, 3.05) is 0 Å². The summed E-state index contributed by atoms with van der Waals surface area (Å²) >= 11 is 0.251. The summed E-state index contributed by atoms with van der Waals surface area (Å²) in [5.41, 5.74) is 1.02. The first kappa shape index (κ1) is 5.86. The zero-order chi connectivity index (χ0) is 6.15. The van der Waals surface area contributed by atoms with Gasteiger partial charge < -0.3 is 0 Å². The predicted molar refractivity (Wildman–Crippen MR) is 33.5 cm³/mol. The van der Waals surface area contributed by atoms with Crippen LogP contribution in [0.3, 0.4) is 0 Å². The average Bonchev–Trinajstić information content (AvgIpc) is 1.98. The molecule has 0 aromatic carbocycles. The Morgan fingerprint density at radius 1 is 1.50 bits per heavy atom. The van der Waals surface area contributed by atoms with Crippen LogP contribution in [-0.2, 0) is 0 Å². The number of nitrogens with one attached hydrogen (secondary N) is 1. The van der Waals surface area contributed by atoms with Gasteiger partial charge in [-0.1, -0.05) is 0 Å². The van der Waals surface area contributed by atoms with Gasteiger partial charge in [0.15, 0.2) is 0 Å². The fourth-order valence-electron chi connectivity index (χ4n) is 0.436. The van der Waals surface area contributed by atoms with Gasteiger partial charge in [-0.25, -0.2) is 0 Å². The fraction of sp³-hybridized carbons (Fsp3) is 0.400. The Bertz CT molecular complexity index is 235. The Morgan fingerprint density at radius 2 is 2.12 bits per heavy atom. The number of H-pyrrole nitrogens is 1. The molecular weight excluding hydrogens is 169 g/mol. The van der Waals surface area contributed by atoms with Crippen molar-refractivity contribution in [3.05, 3.63) is 20.4 Å². The minimum absolute atomic E-state index is 0.113. The second-order valence-corrected chi connectivity index (χ2v) is 3.86. The minimum atomic E-state index is 0.113. The van der Waals surface area contributed by atoms with E-state index in [0.29, 0.717) is 0 Å². The fourth-order valence-corrected chi connectivity index (χ4v) is 1.79. The molecular formula is C5H7NOSe. The summed E-state index contributed by atoms with van der Waals surface area (Å²) in [5, 5.41) is 0. The molecule has 0 radical (unpaired) electrons. The molecule has 0 saturated heterocycles. The molecule has 1 N–H and O–H groups in total. The zero-order valence-electron chi connectivity index (χ0n) is 4.82. The molecule has 0 aliphatic heterocycles. The van der Waals surface area contributed by atoms with Crippen molar-refractivity contribution in [2.24, 2.45) is 0 Å². The third-order valence-corrected chi connectivity index (χ3v) is 3.05. The maximum absolute atomic E-state index is 10.6. The van der Waals surface area contributed by atoms with Gasteiger partial charge in [0.2, 0.25) is 0 Å². The maximum atomic E-state index is 10.6. The van der Waals surface area contributed by atoms with Gasteiger partial charge in [0, 0.05) is 0 Å². The van der Waals surface area contributed by atoms with Crippen LogP contribution in [0.4, 0.5) is 0 Å². The standard InChI is InChI=1S/C5H7NOSe/c1-3-4(2)8-6-5(3)7/h1-2H3,(H,6,7). The number of aromatic nitrogens is 1. The van der Waals surface area contributed by atoms with Gasteiger partial charge in [0.05, 0.1) is 0 Å². The van der Waals surface area contributed by atoms with Crippen LogP contribution in [0, 0.1) is 13.8 Å². The van der Waals surface area contributed by atoms with Gasteiger partial charge in [0.1, 0.15) is 0 Å². The van der Waals surface area contributed by atoms with E-state index in [2.05, 4.69) is 3.98 Å². The SMILES string of the molecule is Cc1[se][nH]c(=O)c1C. The Hall–Kier alpha value is -0.271. The molecule has 1 heterocycles. The third-order valence-electron chi connectivity index (χ3n) is 1.17. The molecule has 3 heteroatoms. The van der Waals surface area contributed by atoms with Crippen molar-refractivity contribution in [1.29, 1.82) is 0 Å². The number of aromatic amines is 1. The van der Waals surface area contributed by atoms with E-state index in [9.17, 15) is 4.79 Å². The summed E-state index contributed by atoms with van der Waals surface area (Å²) < 4.78 is 3.99. The molecule has 8 heavy (non-hydrogen) atoms. The molecule has 0 aliphatic rings. The summed E-state index contributed by atoms with van der Waals surface area (Å²) in [4.78, 5) is 10.6. The van der Waals surface area contributed by atoms with E-state index in [1.807, 2.05) is 13.8 Å². The molecule has 1 aromatic heterocycles. The van der Waals surface area contributed by atoms with Crippen LogP contribution in [0.25, 0.3) is 0 Å². The molecule has 0 saturated carbocycles. The van der Waals surface area contributed by atoms with Crippen molar-refractivity contribution in [3.63, 3.8) is 0 Å². The number of hydrogen-bond acceptors (Lipinski definition) is 1. The Balaban J connectivity index is 3.41. The van der Waals surface area contributed by atoms with E-state index in [-0.39, 0.29) is 20.3 Å². The Labute approximate surface area is 53.5 Å². The van der Waals surface area contributed by atoms with E-state index in [1.54, 1.807) is 0 Å². The second kappa shape index (κ2) is 1.92. The Kier molecular flexibility index (Phi) is 1.41. The first-order valence-corrected chi connectivity index (χ1v) is 4.08. The predicted octanol–water partition coefficient (Wildman–Crippen LogP) is 0.0487. The molecule has 0 spiro atoms. The van der Waals surface area contributed by atoms with Gasteiger partial charge in [-0.05, 0) is 0 Å². The van der Waals surface area contributed by atoms with Crippen molar-refractivity contribution in [2.45, 2.75) is 13.8 Å². The molecule has 0 fully saturated rings. The van der Waals surface area contributed by atoms with Crippen LogP contribution in [-0.4, -0.2) is 18.7 Å². The van der Waals surface area contributed by atoms with E-state index < -0.39 is 0 Å². The average molecular weight is 176 g/mol. The van der Waals surface area contributed by atoms with Crippen molar-refractivity contribution >= 4 is 14.7 Å². The monoisotopic (exact) mass is 177 g/mol. The Morgan fingerprint density at radius 3 is 2.25 bits per heavy atom. The van der Waals surface area contributed by atoms with Gasteiger partial charge in [-0.2, -0.15) is 0 Å². The summed E-state index contributed by atoms with van der Waals surface area (Å²) in [6, 6.07) is 0. The molecule has 0 atom stereocenters. The van der Waals surface area contributed by atoms with Crippen LogP contribution in [0.15, 0.2) is 4.79 Å². The normalized spacial score (nSPS) is 9.75.